The topological polar surface area (TPSA) is 15.3 Å². The quantitative estimate of drug-likeness (QED) is 0.866. The second kappa shape index (κ2) is 6.04. The number of piperazine rings is 1. The monoisotopic (exact) mass is 236 g/mol. The van der Waals surface area contributed by atoms with Gasteiger partial charge in [0.05, 0.1) is 0 Å². The number of rotatable bonds is 3. The number of nitrogens with zero attached hydrogens (tertiary/aromatic N) is 1. The van der Waals surface area contributed by atoms with Crippen molar-refractivity contribution in [3.05, 3.63) is 40.9 Å². The SMILES string of the molecule is Clc1ccccc1/C=C/CN1CCNCC1. The van der Waals surface area contributed by atoms with E-state index in [9.17, 15) is 0 Å². The molecule has 1 fully saturated rings. The highest BCUT2D eigenvalue weighted by molar-refractivity contribution is 6.32. The maximum atomic E-state index is 6.07. The van der Waals surface area contributed by atoms with Gasteiger partial charge in [-0.05, 0) is 11.6 Å². The average molecular weight is 237 g/mol. The van der Waals surface area contributed by atoms with Gasteiger partial charge in [0, 0.05) is 37.7 Å². The predicted molar refractivity (Wildman–Crippen MR) is 69.8 cm³/mol. The molecule has 1 heterocycles. The van der Waals surface area contributed by atoms with Gasteiger partial charge < -0.3 is 5.32 Å². The Morgan fingerprint density at radius 1 is 1.25 bits per heavy atom. The molecule has 16 heavy (non-hydrogen) atoms. The molecule has 0 atom stereocenters. The highest BCUT2D eigenvalue weighted by Crippen LogP contribution is 2.16. The standard InChI is InChI=1S/C13H17ClN2/c14-13-6-2-1-4-12(13)5-3-9-16-10-7-15-8-11-16/h1-6,15H,7-11H2/b5-3+. The first-order valence-electron chi connectivity index (χ1n) is 5.70. The third-order valence-corrected chi connectivity index (χ3v) is 3.12. The molecule has 2 nitrogen and oxygen atoms in total. The maximum Gasteiger partial charge on any atom is 0.0478 e. The Morgan fingerprint density at radius 2 is 2.00 bits per heavy atom. The van der Waals surface area contributed by atoms with E-state index in [2.05, 4.69) is 22.4 Å². The van der Waals surface area contributed by atoms with Gasteiger partial charge in [-0.1, -0.05) is 42.0 Å². The van der Waals surface area contributed by atoms with Crippen LogP contribution in [-0.4, -0.2) is 37.6 Å². The summed E-state index contributed by atoms with van der Waals surface area (Å²) >= 11 is 6.07. The minimum atomic E-state index is 0.819. The number of nitrogens with one attached hydrogen (secondary N) is 1. The van der Waals surface area contributed by atoms with Crippen molar-refractivity contribution in [3.63, 3.8) is 0 Å². The van der Waals surface area contributed by atoms with Crippen molar-refractivity contribution in [3.8, 4) is 0 Å². The molecule has 2 rings (SSSR count). The van der Waals surface area contributed by atoms with Gasteiger partial charge in [-0.25, -0.2) is 0 Å². The van der Waals surface area contributed by atoms with E-state index in [1.165, 1.54) is 0 Å². The maximum absolute atomic E-state index is 6.07. The molecular weight excluding hydrogens is 220 g/mol. The predicted octanol–water partition coefficient (Wildman–Crippen LogP) is 2.26. The summed E-state index contributed by atoms with van der Waals surface area (Å²) in [6, 6.07) is 7.93. The summed E-state index contributed by atoms with van der Waals surface area (Å²) in [5.41, 5.74) is 1.10. The summed E-state index contributed by atoms with van der Waals surface area (Å²) in [5, 5.41) is 4.16. The fourth-order valence-electron chi connectivity index (χ4n) is 1.83. The van der Waals surface area contributed by atoms with Gasteiger partial charge in [0.2, 0.25) is 0 Å². The van der Waals surface area contributed by atoms with E-state index in [-0.39, 0.29) is 0 Å². The zero-order valence-corrected chi connectivity index (χ0v) is 10.1. The summed E-state index contributed by atoms with van der Waals surface area (Å²) in [5.74, 6) is 0. The third-order valence-electron chi connectivity index (χ3n) is 2.78. The number of hydrogen-bond donors (Lipinski definition) is 1. The summed E-state index contributed by atoms with van der Waals surface area (Å²) in [7, 11) is 0. The molecule has 0 spiro atoms. The fraction of sp³-hybridized carbons (Fsp3) is 0.385. The van der Waals surface area contributed by atoms with Crippen LogP contribution in [0.2, 0.25) is 5.02 Å². The van der Waals surface area contributed by atoms with E-state index in [0.717, 1.165) is 43.3 Å². The van der Waals surface area contributed by atoms with Gasteiger partial charge in [-0.15, -0.1) is 0 Å². The molecule has 0 unspecified atom stereocenters. The number of halogens is 1. The van der Waals surface area contributed by atoms with E-state index >= 15 is 0 Å². The molecule has 86 valence electrons. The van der Waals surface area contributed by atoms with Crippen LogP contribution in [0.25, 0.3) is 6.08 Å². The molecule has 0 radical (unpaired) electrons. The molecule has 1 aliphatic rings. The first-order chi connectivity index (χ1) is 7.86. The van der Waals surface area contributed by atoms with Crippen LogP contribution in [0.4, 0.5) is 0 Å². The van der Waals surface area contributed by atoms with E-state index in [4.69, 9.17) is 11.6 Å². The van der Waals surface area contributed by atoms with Crippen molar-refractivity contribution < 1.29 is 0 Å². The zero-order chi connectivity index (χ0) is 11.2. The van der Waals surface area contributed by atoms with Crippen LogP contribution >= 0.6 is 11.6 Å². The summed E-state index contributed by atoms with van der Waals surface area (Å²) in [6.07, 6.45) is 4.29. The lowest BCUT2D eigenvalue weighted by molar-refractivity contribution is 0.265. The minimum Gasteiger partial charge on any atom is -0.314 e. The Bertz CT molecular complexity index is 357. The van der Waals surface area contributed by atoms with Crippen molar-refractivity contribution >= 4 is 17.7 Å². The Hall–Kier alpha value is -0.830. The van der Waals surface area contributed by atoms with Gasteiger partial charge in [0.15, 0.2) is 0 Å². The van der Waals surface area contributed by atoms with Crippen LogP contribution in [0.5, 0.6) is 0 Å². The molecule has 1 aromatic rings. The highest BCUT2D eigenvalue weighted by Gasteiger charge is 2.06. The van der Waals surface area contributed by atoms with Crippen molar-refractivity contribution in [2.75, 3.05) is 32.7 Å². The molecule has 0 bridgehead atoms. The minimum absolute atomic E-state index is 0.819. The Kier molecular flexibility index (Phi) is 4.40. The molecule has 1 saturated heterocycles. The van der Waals surface area contributed by atoms with E-state index < -0.39 is 0 Å². The van der Waals surface area contributed by atoms with Crippen LogP contribution in [0.3, 0.4) is 0 Å². The Morgan fingerprint density at radius 3 is 2.75 bits per heavy atom. The summed E-state index contributed by atoms with van der Waals surface area (Å²) in [6.45, 7) is 5.46. The Labute approximate surface area is 102 Å². The van der Waals surface area contributed by atoms with Crippen LogP contribution in [0.15, 0.2) is 30.3 Å². The van der Waals surface area contributed by atoms with Crippen LogP contribution in [0, 0.1) is 0 Å². The first kappa shape index (κ1) is 11.6. The van der Waals surface area contributed by atoms with E-state index in [0.29, 0.717) is 0 Å². The van der Waals surface area contributed by atoms with E-state index in [1.54, 1.807) is 0 Å². The van der Waals surface area contributed by atoms with E-state index in [1.807, 2.05) is 24.3 Å². The lowest BCUT2D eigenvalue weighted by atomic mass is 10.2. The van der Waals surface area contributed by atoms with Gasteiger partial charge in [-0.2, -0.15) is 0 Å². The molecule has 0 aliphatic carbocycles. The van der Waals surface area contributed by atoms with Crippen molar-refractivity contribution in [2.45, 2.75) is 0 Å². The number of hydrogen-bond acceptors (Lipinski definition) is 2. The fourth-order valence-corrected chi connectivity index (χ4v) is 2.03. The highest BCUT2D eigenvalue weighted by atomic mass is 35.5. The lowest BCUT2D eigenvalue weighted by Crippen LogP contribution is -2.43. The molecule has 0 aromatic heterocycles. The largest absolute Gasteiger partial charge is 0.314 e. The zero-order valence-electron chi connectivity index (χ0n) is 9.32. The van der Waals surface area contributed by atoms with Crippen molar-refractivity contribution in [1.29, 1.82) is 0 Å². The first-order valence-corrected chi connectivity index (χ1v) is 6.08. The second-order valence-corrected chi connectivity index (χ2v) is 4.38. The van der Waals surface area contributed by atoms with Gasteiger partial charge in [0.1, 0.15) is 0 Å². The molecule has 1 aliphatic heterocycles. The van der Waals surface area contributed by atoms with Crippen LogP contribution in [-0.2, 0) is 0 Å². The molecule has 0 saturated carbocycles. The second-order valence-electron chi connectivity index (χ2n) is 3.97. The lowest BCUT2D eigenvalue weighted by Gasteiger charge is -2.25. The van der Waals surface area contributed by atoms with Gasteiger partial charge in [-0.3, -0.25) is 4.90 Å². The molecule has 1 aromatic carbocycles. The average Bonchev–Trinajstić information content (AvgIpc) is 2.33. The molecule has 0 amide bonds. The van der Waals surface area contributed by atoms with Gasteiger partial charge in [0.25, 0.3) is 0 Å². The summed E-state index contributed by atoms with van der Waals surface area (Å²) in [4.78, 5) is 2.43. The van der Waals surface area contributed by atoms with Crippen LogP contribution in [0.1, 0.15) is 5.56 Å². The molecule has 3 heteroatoms. The Balaban J connectivity index is 1.87. The van der Waals surface area contributed by atoms with Gasteiger partial charge >= 0.3 is 0 Å². The van der Waals surface area contributed by atoms with Crippen molar-refractivity contribution in [2.24, 2.45) is 0 Å². The van der Waals surface area contributed by atoms with Crippen molar-refractivity contribution in [1.82, 2.24) is 10.2 Å². The normalized spacial score (nSPS) is 18.1. The van der Waals surface area contributed by atoms with Crippen LogP contribution < -0.4 is 5.32 Å². The smallest absolute Gasteiger partial charge is 0.0478 e. The number of benzene rings is 1. The molecule has 1 N–H and O–H groups in total. The summed E-state index contributed by atoms with van der Waals surface area (Å²) < 4.78 is 0. The third kappa shape index (κ3) is 3.34. The molecular formula is C13H17ClN2.